The lowest BCUT2D eigenvalue weighted by atomic mass is 9.81. The van der Waals surface area contributed by atoms with Crippen molar-refractivity contribution in [2.45, 2.75) is 24.2 Å². The highest BCUT2D eigenvalue weighted by molar-refractivity contribution is 5.50. The summed E-state index contributed by atoms with van der Waals surface area (Å²) in [6.07, 6.45) is 3.68. The first-order valence-electron chi connectivity index (χ1n) is 9.72. The Balaban J connectivity index is 1.72. The molecule has 2 aromatic carbocycles. The zero-order valence-electron chi connectivity index (χ0n) is 16.3. The number of carbonyl (C=O) groups excluding carboxylic acids is 2. The van der Waals surface area contributed by atoms with Crippen LogP contribution in [0.5, 0.6) is 5.75 Å². The van der Waals surface area contributed by atoms with Crippen molar-refractivity contribution in [3.63, 3.8) is 0 Å². The highest BCUT2D eigenvalue weighted by atomic mass is 16.6. The van der Waals surface area contributed by atoms with Crippen molar-refractivity contribution in [1.82, 2.24) is 0 Å². The van der Waals surface area contributed by atoms with E-state index in [9.17, 15) is 9.59 Å². The highest BCUT2D eigenvalue weighted by Crippen LogP contribution is 2.47. The second-order valence-electron chi connectivity index (χ2n) is 7.12. The number of fused-ring (bicyclic) bond motifs is 2. The van der Waals surface area contributed by atoms with Crippen LogP contribution in [0.2, 0.25) is 0 Å². The van der Waals surface area contributed by atoms with Gasteiger partial charge in [0.1, 0.15) is 36.8 Å². The van der Waals surface area contributed by atoms with Crippen molar-refractivity contribution < 1.29 is 28.5 Å². The third-order valence-corrected chi connectivity index (χ3v) is 5.41. The molecule has 0 saturated heterocycles. The van der Waals surface area contributed by atoms with Gasteiger partial charge in [-0.25, -0.2) is 0 Å². The van der Waals surface area contributed by atoms with Gasteiger partial charge in [-0.3, -0.25) is 9.59 Å². The maximum absolute atomic E-state index is 10.9. The lowest BCUT2D eigenvalue weighted by Crippen LogP contribution is -2.47. The summed E-state index contributed by atoms with van der Waals surface area (Å²) in [5.74, 6) is 0.710. The summed E-state index contributed by atoms with van der Waals surface area (Å²) in [5.41, 5.74) is 1.68. The molecule has 0 N–H and O–H groups in total. The molecule has 0 amide bonds. The molecular formula is C24H22O6. The van der Waals surface area contributed by atoms with E-state index in [0.29, 0.717) is 25.1 Å². The van der Waals surface area contributed by atoms with Crippen molar-refractivity contribution in [2.24, 2.45) is 0 Å². The summed E-state index contributed by atoms with van der Waals surface area (Å²) in [5, 5.41) is 0. The summed E-state index contributed by atoms with van der Waals surface area (Å²) in [6.45, 7) is 0.904. The SMILES string of the molecule is O=COCC1=C(COC=O)C2(C(Cc3ccccc3)Oc3ccccc3)C=CC1O2. The molecule has 0 aliphatic carbocycles. The molecule has 0 fully saturated rings. The lowest BCUT2D eigenvalue weighted by molar-refractivity contribution is -0.129. The summed E-state index contributed by atoms with van der Waals surface area (Å²) in [4.78, 5) is 21.7. The van der Waals surface area contributed by atoms with Gasteiger partial charge in [0.2, 0.25) is 0 Å². The molecule has 0 aromatic heterocycles. The zero-order valence-corrected chi connectivity index (χ0v) is 16.3. The molecule has 6 nitrogen and oxygen atoms in total. The Morgan fingerprint density at radius 3 is 2.30 bits per heavy atom. The van der Waals surface area contributed by atoms with Crippen LogP contribution in [0.4, 0.5) is 0 Å². The number of carbonyl (C=O) groups is 2. The molecule has 154 valence electrons. The molecule has 2 aliphatic heterocycles. The minimum atomic E-state index is -0.930. The standard InChI is InChI=1S/C24H22O6/c25-16-27-14-20-21(15-28-17-26)24(12-11-22(20)30-24)23(13-18-7-3-1-4-8-18)29-19-9-5-2-6-10-19/h1-12,16-17,22-23H,13-15H2. The van der Waals surface area contributed by atoms with Gasteiger partial charge in [-0.2, -0.15) is 0 Å². The summed E-state index contributed by atoms with van der Waals surface area (Å²) in [7, 11) is 0. The molecule has 0 radical (unpaired) electrons. The average Bonchev–Trinajstić information content (AvgIpc) is 3.35. The van der Waals surface area contributed by atoms with Crippen LogP contribution in [-0.4, -0.2) is 44.0 Å². The molecule has 6 heteroatoms. The van der Waals surface area contributed by atoms with Crippen LogP contribution in [0.15, 0.2) is 84.0 Å². The van der Waals surface area contributed by atoms with E-state index in [0.717, 1.165) is 16.7 Å². The Bertz CT molecular complexity index is 895. The summed E-state index contributed by atoms with van der Waals surface area (Å²) < 4.78 is 22.9. The molecule has 2 aromatic rings. The molecule has 2 bridgehead atoms. The van der Waals surface area contributed by atoms with E-state index in [1.807, 2.05) is 72.8 Å². The summed E-state index contributed by atoms with van der Waals surface area (Å²) >= 11 is 0. The Labute approximate surface area is 174 Å². The van der Waals surface area contributed by atoms with Crippen LogP contribution in [0, 0.1) is 0 Å². The molecule has 2 aliphatic rings. The van der Waals surface area contributed by atoms with Gasteiger partial charge in [0, 0.05) is 17.6 Å². The van der Waals surface area contributed by atoms with Crippen molar-refractivity contribution in [3.8, 4) is 5.75 Å². The molecule has 3 atom stereocenters. The Morgan fingerprint density at radius 1 is 0.933 bits per heavy atom. The van der Waals surface area contributed by atoms with Gasteiger partial charge in [-0.05, 0) is 23.8 Å². The first-order chi connectivity index (χ1) is 14.8. The largest absolute Gasteiger partial charge is 0.486 e. The minimum absolute atomic E-state index is 0.0331. The number of hydrogen-bond acceptors (Lipinski definition) is 6. The van der Waals surface area contributed by atoms with Gasteiger partial charge < -0.3 is 18.9 Å². The monoisotopic (exact) mass is 406 g/mol. The van der Waals surface area contributed by atoms with Crippen LogP contribution in [0.25, 0.3) is 0 Å². The first-order valence-corrected chi connectivity index (χ1v) is 9.72. The van der Waals surface area contributed by atoms with Crippen LogP contribution < -0.4 is 4.74 Å². The van der Waals surface area contributed by atoms with Crippen molar-refractivity contribution >= 4 is 12.9 Å². The smallest absolute Gasteiger partial charge is 0.293 e. The number of para-hydroxylation sites is 1. The van der Waals surface area contributed by atoms with E-state index in [-0.39, 0.29) is 19.3 Å². The fourth-order valence-corrected chi connectivity index (χ4v) is 4.07. The summed E-state index contributed by atoms with van der Waals surface area (Å²) in [6, 6.07) is 19.5. The second-order valence-corrected chi connectivity index (χ2v) is 7.12. The molecule has 30 heavy (non-hydrogen) atoms. The third kappa shape index (κ3) is 3.86. The quantitative estimate of drug-likeness (QED) is 0.422. The fraction of sp³-hybridized carbons (Fsp3) is 0.250. The first kappa shape index (κ1) is 19.9. The number of hydrogen-bond donors (Lipinski definition) is 0. The van der Waals surface area contributed by atoms with Crippen LogP contribution in [-0.2, 0) is 30.2 Å². The van der Waals surface area contributed by atoms with Crippen molar-refractivity contribution in [1.29, 1.82) is 0 Å². The van der Waals surface area contributed by atoms with E-state index < -0.39 is 11.7 Å². The minimum Gasteiger partial charge on any atom is -0.486 e. The molecule has 2 heterocycles. The Morgan fingerprint density at radius 2 is 1.60 bits per heavy atom. The Kier molecular flexibility index (Phi) is 5.95. The van der Waals surface area contributed by atoms with Crippen molar-refractivity contribution in [3.05, 3.63) is 89.5 Å². The lowest BCUT2D eigenvalue weighted by Gasteiger charge is -2.35. The van der Waals surface area contributed by atoms with E-state index >= 15 is 0 Å². The van der Waals surface area contributed by atoms with E-state index in [4.69, 9.17) is 18.9 Å². The van der Waals surface area contributed by atoms with E-state index in [2.05, 4.69) is 0 Å². The van der Waals surface area contributed by atoms with Gasteiger partial charge in [0.25, 0.3) is 12.9 Å². The molecule has 0 spiro atoms. The number of rotatable bonds is 11. The molecule has 4 rings (SSSR count). The average molecular weight is 406 g/mol. The van der Waals surface area contributed by atoms with Crippen LogP contribution in [0.1, 0.15) is 5.56 Å². The van der Waals surface area contributed by atoms with Crippen molar-refractivity contribution in [2.75, 3.05) is 13.2 Å². The fourth-order valence-electron chi connectivity index (χ4n) is 4.07. The van der Waals surface area contributed by atoms with Gasteiger partial charge in [0.05, 0.1) is 0 Å². The van der Waals surface area contributed by atoms with Gasteiger partial charge in [-0.1, -0.05) is 54.6 Å². The van der Waals surface area contributed by atoms with E-state index in [1.165, 1.54) is 0 Å². The zero-order chi connectivity index (χ0) is 20.8. The number of benzene rings is 2. The van der Waals surface area contributed by atoms with Gasteiger partial charge in [-0.15, -0.1) is 0 Å². The topological polar surface area (TPSA) is 71.1 Å². The molecule has 3 unspecified atom stereocenters. The maximum atomic E-state index is 10.9. The molecular weight excluding hydrogens is 384 g/mol. The third-order valence-electron chi connectivity index (χ3n) is 5.41. The molecule has 0 saturated carbocycles. The highest BCUT2D eigenvalue weighted by Gasteiger charge is 2.54. The van der Waals surface area contributed by atoms with Gasteiger partial charge in [0.15, 0.2) is 0 Å². The van der Waals surface area contributed by atoms with Crippen LogP contribution >= 0.6 is 0 Å². The second kappa shape index (κ2) is 8.97. The number of ether oxygens (including phenoxy) is 4. The normalized spacial score (nSPS) is 22.6. The van der Waals surface area contributed by atoms with Crippen LogP contribution in [0.3, 0.4) is 0 Å². The van der Waals surface area contributed by atoms with E-state index in [1.54, 1.807) is 0 Å². The maximum Gasteiger partial charge on any atom is 0.293 e. The predicted molar refractivity (Wildman–Crippen MR) is 109 cm³/mol. The Hall–Kier alpha value is -3.38. The van der Waals surface area contributed by atoms with Gasteiger partial charge >= 0.3 is 0 Å². The predicted octanol–water partition coefficient (Wildman–Crippen LogP) is 3.03.